The highest BCUT2D eigenvalue weighted by Crippen LogP contribution is 2.39. The van der Waals surface area contributed by atoms with Crippen molar-refractivity contribution in [2.75, 3.05) is 6.61 Å². The van der Waals surface area contributed by atoms with E-state index < -0.39 is 24.0 Å². The van der Waals surface area contributed by atoms with Gasteiger partial charge in [-0.05, 0) is 62.5 Å². The lowest BCUT2D eigenvalue weighted by Gasteiger charge is -2.24. The van der Waals surface area contributed by atoms with Crippen LogP contribution >= 0.6 is 0 Å². The van der Waals surface area contributed by atoms with Crippen LogP contribution in [0.2, 0.25) is 0 Å². The van der Waals surface area contributed by atoms with Gasteiger partial charge in [0.05, 0.1) is 17.1 Å². The van der Waals surface area contributed by atoms with E-state index in [0.717, 1.165) is 54.3 Å². The number of pyridine rings is 1. The van der Waals surface area contributed by atoms with E-state index >= 15 is 0 Å². The molecule has 2 aliphatic carbocycles. The van der Waals surface area contributed by atoms with Gasteiger partial charge in [0, 0.05) is 11.1 Å². The monoisotopic (exact) mass is 391 g/mol. The number of hydrogen-bond donors (Lipinski definition) is 1. The summed E-state index contributed by atoms with van der Waals surface area (Å²) >= 11 is 0. The fourth-order valence-electron chi connectivity index (χ4n) is 4.21. The Bertz CT molecular complexity index is 1020. The molecule has 29 heavy (non-hydrogen) atoms. The number of para-hydroxylation sites is 1. The lowest BCUT2D eigenvalue weighted by molar-refractivity contribution is -0.125. The molecule has 6 heteroatoms. The van der Waals surface area contributed by atoms with Crippen LogP contribution < -0.4 is 5.32 Å². The van der Waals surface area contributed by atoms with E-state index in [9.17, 15) is 14.9 Å². The molecule has 1 aromatic heterocycles. The van der Waals surface area contributed by atoms with Crippen molar-refractivity contribution in [3.8, 4) is 6.07 Å². The molecule has 4 rings (SSSR count). The van der Waals surface area contributed by atoms with Crippen LogP contribution in [0.1, 0.15) is 54.7 Å². The first-order valence-electron chi connectivity index (χ1n) is 10.2. The standard InChI is InChI=1S/C23H25N3O3/c1-14-7-10-19-17(11-14)21(16-5-3-4-6-18(16)25-19)22(28)29-12-20(27)26-23(2,13-24)15-8-9-15/h3-6,14-15H,7-12H2,1-2H3,(H,26,27)/t14-,23-/m1/s1. The molecular formula is C23H25N3O3. The minimum Gasteiger partial charge on any atom is -0.452 e. The highest BCUT2D eigenvalue weighted by Gasteiger charge is 2.43. The Morgan fingerprint density at radius 2 is 2.07 bits per heavy atom. The van der Waals surface area contributed by atoms with Gasteiger partial charge >= 0.3 is 5.97 Å². The summed E-state index contributed by atoms with van der Waals surface area (Å²) < 4.78 is 5.40. The maximum atomic E-state index is 13.0. The third-order valence-corrected chi connectivity index (χ3v) is 6.07. The molecule has 2 aromatic rings. The van der Waals surface area contributed by atoms with Crippen molar-refractivity contribution < 1.29 is 14.3 Å². The molecule has 0 bridgehead atoms. The molecule has 1 saturated carbocycles. The second-order valence-electron chi connectivity index (χ2n) is 8.49. The van der Waals surface area contributed by atoms with E-state index in [1.165, 1.54) is 0 Å². The molecule has 1 heterocycles. The SMILES string of the molecule is C[C@@H]1CCc2nc3ccccc3c(C(=O)OCC(=O)N[C@](C)(C#N)C3CC3)c2C1. The molecule has 2 atom stereocenters. The first-order chi connectivity index (χ1) is 13.9. The molecule has 2 aliphatic rings. The van der Waals surface area contributed by atoms with Crippen LogP contribution in [0.4, 0.5) is 0 Å². The normalized spacial score (nSPS) is 20.2. The maximum Gasteiger partial charge on any atom is 0.339 e. The molecule has 1 N–H and O–H groups in total. The molecule has 1 aromatic carbocycles. The zero-order valence-corrected chi connectivity index (χ0v) is 16.8. The lowest BCUT2D eigenvalue weighted by atomic mass is 9.84. The molecule has 0 aliphatic heterocycles. The highest BCUT2D eigenvalue weighted by atomic mass is 16.5. The van der Waals surface area contributed by atoms with Gasteiger partial charge in [-0.3, -0.25) is 9.78 Å². The number of amides is 1. The van der Waals surface area contributed by atoms with Crippen LogP contribution in [-0.2, 0) is 22.4 Å². The largest absolute Gasteiger partial charge is 0.452 e. The summed E-state index contributed by atoms with van der Waals surface area (Å²) in [6.45, 7) is 3.49. The van der Waals surface area contributed by atoms with Crippen molar-refractivity contribution >= 4 is 22.8 Å². The predicted octanol–water partition coefficient (Wildman–Crippen LogP) is 3.32. The summed E-state index contributed by atoms with van der Waals surface area (Å²) in [6, 6.07) is 9.72. The number of aromatic nitrogens is 1. The number of ether oxygens (including phenoxy) is 1. The summed E-state index contributed by atoms with van der Waals surface area (Å²) in [5, 5.41) is 12.9. The number of carbonyl (C=O) groups is 2. The number of nitriles is 1. The van der Waals surface area contributed by atoms with Crippen LogP contribution in [0.15, 0.2) is 24.3 Å². The van der Waals surface area contributed by atoms with Gasteiger partial charge in [0.15, 0.2) is 6.61 Å². The maximum absolute atomic E-state index is 13.0. The van der Waals surface area contributed by atoms with E-state index in [1.807, 2.05) is 24.3 Å². The van der Waals surface area contributed by atoms with E-state index in [0.29, 0.717) is 11.5 Å². The molecule has 0 saturated heterocycles. The highest BCUT2D eigenvalue weighted by molar-refractivity contribution is 6.05. The molecule has 1 fully saturated rings. The van der Waals surface area contributed by atoms with Gasteiger partial charge in [-0.2, -0.15) is 5.26 Å². The minimum absolute atomic E-state index is 0.171. The summed E-state index contributed by atoms with van der Waals surface area (Å²) in [5.74, 6) is -0.316. The average molecular weight is 391 g/mol. The molecule has 0 unspecified atom stereocenters. The zero-order valence-electron chi connectivity index (χ0n) is 16.8. The van der Waals surface area contributed by atoms with Gasteiger partial charge in [0.1, 0.15) is 5.54 Å². The molecule has 1 amide bonds. The van der Waals surface area contributed by atoms with Crippen LogP contribution in [-0.4, -0.2) is 29.0 Å². The Labute approximate surface area is 170 Å². The Morgan fingerprint density at radius 3 is 2.79 bits per heavy atom. The number of fused-ring (bicyclic) bond motifs is 2. The molecule has 6 nitrogen and oxygen atoms in total. The Kier molecular flexibility index (Phi) is 4.99. The van der Waals surface area contributed by atoms with Gasteiger partial charge < -0.3 is 10.1 Å². The summed E-state index contributed by atoms with van der Waals surface area (Å²) in [6.07, 6.45) is 4.51. The van der Waals surface area contributed by atoms with Crippen molar-refractivity contribution in [2.24, 2.45) is 11.8 Å². The van der Waals surface area contributed by atoms with Gasteiger partial charge in [-0.25, -0.2) is 4.79 Å². The van der Waals surface area contributed by atoms with Crippen LogP contribution in [0, 0.1) is 23.2 Å². The fourth-order valence-corrected chi connectivity index (χ4v) is 4.21. The van der Waals surface area contributed by atoms with Crippen molar-refractivity contribution in [1.29, 1.82) is 5.26 Å². The van der Waals surface area contributed by atoms with Gasteiger partial charge in [-0.1, -0.05) is 25.1 Å². The molecule has 150 valence electrons. The van der Waals surface area contributed by atoms with Crippen LogP contribution in [0.25, 0.3) is 10.9 Å². The molecule has 0 radical (unpaired) electrons. The Morgan fingerprint density at radius 1 is 1.31 bits per heavy atom. The second-order valence-corrected chi connectivity index (χ2v) is 8.49. The van der Waals surface area contributed by atoms with E-state index in [4.69, 9.17) is 9.72 Å². The third kappa shape index (κ3) is 3.82. The number of aryl methyl sites for hydroxylation is 1. The molecular weight excluding hydrogens is 366 g/mol. The summed E-state index contributed by atoms with van der Waals surface area (Å²) in [7, 11) is 0. The van der Waals surface area contributed by atoms with Gasteiger partial charge in [0.25, 0.3) is 5.91 Å². The molecule has 0 spiro atoms. The number of esters is 1. The topological polar surface area (TPSA) is 92.1 Å². The number of carbonyl (C=O) groups excluding carboxylic acids is 2. The lowest BCUT2D eigenvalue weighted by Crippen LogP contribution is -2.48. The van der Waals surface area contributed by atoms with E-state index in [2.05, 4.69) is 18.3 Å². The fraction of sp³-hybridized carbons (Fsp3) is 0.478. The Hall–Kier alpha value is -2.94. The number of nitrogens with zero attached hydrogens (tertiary/aromatic N) is 2. The first kappa shape index (κ1) is 19.4. The average Bonchev–Trinajstić information content (AvgIpc) is 3.56. The Balaban J connectivity index is 1.56. The predicted molar refractivity (Wildman–Crippen MR) is 108 cm³/mol. The quantitative estimate of drug-likeness (QED) is 0.790. The second kappa shape index (κ2) is 7.47. The number of benzene rings is 1. The summed E-state index contributed by atoms with van der Waals surface area (Å²) in [5.41, 5.74) is 2.27. The van der Waals surface area contributed by atoms with Crippen LogP contribution in [0.5, 0.6) is 0 Å². The van der Waals surface area contributed by atoms with Crippen LogP contribution in [0.3, 0.4) is 0 Å². The van der Waals surface area contributed by atoms with Crippen molar-refractivity contribution in [1.82, 2.24) is 10.3 Å². The number of hydrogen-bond acceptors (Lipinski definition) is 5. The van der Waals surface area contributed by atoms with E-state index in [-0.39, 0.29) is 5.92 Å². The smallest absolute Gasteiger partial charge is 0.339 e. The van der Waals surface area contributed by atoms with Crippen molar-refractivity contribution in [3.63, 3.8) is 0 Å². The number of nitrogens with one attached hydrogen (secondary N) is 1. The van der Waals surface area contributed by atoms with Gasteiger partial charge in [-0.15, -0.1) is 0 Å². The third-order valence-electron chi connectivity index (χ3n) is 6.07. The van der Waals surface area contributed by atoms with Crippen molar-refractivity contribution in [2.45, 2.75) is 51.5 Å². The van der Waals surface area contributed by atoms with Crippen molar-refractivity contribution in [3.05, 3.63) is 41.1 Å². The van der Waals surface area contributed by atoms with Gasteiger partial charge in [0.2, 0.25) is 0 Å². The number of rotatable bonds is 5. The zero-order chi connectivity index (χ0) is 20.6. The first-order valence-corrected chi connectivity index (χ1v) is 10.2. The van der Waals surface area contributed by atoms with E-state index in [1.54, 1.807) is 6.92 Å². The minimum atomic E-state index is -0.901. The summed E-state index contributed by atoms with van der Waals surface area (Å²) in [4.78, 5) is 30.1.